The number of carbonyl (C=O) groups is 5. The predicted octanol–water partition coefficient (Wildman–Crippen LogP) is -0.718. The number of rotatable bonds is 8. The summed E-state index contributed by atoms with van der Waals surface area (Å²) in [5.41, 5.74) is -2.73. The molecule has 19 heavy (non-hydrogen) atoms. The van der Waals surface area contributed by atoms with Gasteiger partial charge in [0, 0.05) is 0 Å². The van der Waals surface area contributed by atoms with Crippen molar-refractivity contribution in [2.45, 2.75) is 31.8 Å². The summed E-state index contributed by atoms with van der Waals surface area (Å²) in [5, 5.41) is 26.1. The van der Waals surface area contributed by atoms with Crippen LogP contribution >= 0.6 is 0 Å². The van der Waals surface area contributed by atoms with E-state index in [0.29, 0.717) is 0 Å². The maximum atomic E-state index is 11.2. The second-order valence-corrected chi connectivity index (χ2v) is 3.79. The molecule has 0 fully saturated rings. The van der Waals surface area contributed by atoms with E-state index in [1.54, 1.807) is 0 Å². The first kappa shape index (κ1) is 16.6. The zero-order valence-electron chi connectivity index (χ0n) is 9.91. The van der Waals surface area contributed by atoms with E-state index in [4.69, 9.17) is 15.3 Å². The zero-order chi connectivity index (χ0) is 15.2. The van der Waals surface area contributed by atoms with E-state index in [0.717, 1.165) is 6.92 Å². The number of hydrogen-bond donors (Lipinski definition) is 3. The molecule has 0 aliphatic carbocycles. The molecule has 0 bridgehead atoms. The number of ether oxygens (including phenoxy) is 1. The molecule has 3 N–H and O–H groups in total. The van der Waals surface area contributed by atoms with Crippen LogP contribution in [0.3, 0.4) is 0 Å². The highest BCUT2D eigenvalue weighted by Crippen LogP contribution is 2.23. The summed E-state index contributed by atoms with van der Waals surface area (Å²) < 4.78 is 4.41. The second-order valence-electron chi connectivity index (χ2n) is 3.79. The highest BCUT2D eigenvalue weighted by Gasteiger charge is 2.47. The average Bonchev–Trinajstić information content (AvgIpc) is 2.12. The third-order valence-corrected chi connectivity index (χ3v) is 1.97. The van der Waals surface area contributed by atoms with Crippen molar-refractivity contribution >= 4 is 29.7 Å². The lowest BCUT2D eigenvalue weighted by Gasteiger charge is -2.25. The van der Waals surface area contributed by atoms with Crippen LogP contribution in [0.5, 0.6) is 0 Å². The Balaban J connectivity index is 5.26. The summed E-state index contributed by atoms with van der Waals surface area (Å²) in [4.78, 5) is 54.1. The minimum Gasteiger partial charge on any atom is -0.481 e. The Bertz CT molecular complexity index is 407. The lowest BCUT2D eigenvalue weighted by Crippen LogP contribution is -2.47. The lowest BCUT2D eigenvalue weighted by atomic mass is 9.95. The van der Waals surface area contributed by atoms with Crippen LogP contribution in [0.4, 0.5) is 0 Å². The number of carboxylic acid groups (broad SMARTS) is 3. The van der Waals surface area contributed by atoms with Crippen LogP contribution in [0, 0.1) is 0 Å². The van der Waals surface area contributed by atoms with Gasteiger partial charge in [-0.05, 0) is 6.92 Å². The SMILES string of the molecule is CC(=O)CC(=O)OC(CC(=O)O)(CC(=O)O)C(=O)O. The molecule has 0 aromatic rings. The van der Waals surface area contributed by atoms with Crippen LogP contribution in [0.1, 0.15) is 26.2 Å². The molecule has 0 amide bonds. The summed E-state index contributed by atoms with van der Waals surface area (Å²) in [6.45, 7) is 1.04. The number of carbonyl (C=O) groups excluding carboxylic acids is 2. The van der Waals surface area contributed by atoms with Crippen molar-refractivity contribution in [2.24, 2.45) is 0 Å². The van der Waals surface area contributed by atoms with Gasteiger partial charge >= 0.3 is 23.9 Å². The van der Waals surface area contributed by atoms with Gasteiger partial charge < -0.3 is 20.1 Å². The van der Waals surface area contributed by atoms with E-state index in [1.165, 1.54) is 0 Å². The molecule has 0 aliphatic heterocycles. The highest BCUT2D eigenvalue weighted by molar-refractivity contribution is 5.97. The van der Waals surface area contributed by atoms with Crippen LogP contribution in [0.15, 0.2) is 0 Å². The third-order valence-electron chi connectivity index (χ3n) is 1.97. The van der Waals surface area contributed by atoms with Gasteiger partial charge in [-0.25, -0.2) is 4.79 Å². The first-order valence-electron chi connectivity index (χ1n) is 4.97. The number of ketones is 1. The fourth-order valence-corrected chi connectivity index (χ4v) is 1.28. The Labute approximate surface area is 106 Å². The van der Waals surface area contributed by atoms with Gasteiger partial charge in [-0.15, -0.1) is 0 Å². The minimum atomic E-state index is -2.73. The molecule has 0 rings (SSSR count). The number of carboxylic acids is 3. The zero-order valence-corrected chi connectivity index (χ0v) is 9.91. The maximum absolute atomic E-state index is 11.2. The Morgan fingerprint density at radius 1 is 0.947 bits per heavy atom. The monoisotopic (exact) mass is 276 g/mol. The summed E-state index contributed by atoms with van der Waals surface area (Å²) in [5.74, 6) is -7.14. The quantitative estimate of drug-likeness (QED) is 0.384. The Kier molecular flexibility index (Phi) is 5.64. The fourth-order valence-electron chi connectivity index (χ4n) is 1.28. The molecule has 0 saturated heterocycles. The molecule has 0 saturated carbocycles. The molecular weight excluding hydrogens is 264 g/mol. The second kappa shape index (κ2) is 6.47. The van der Waals surface area contributed by atoms with Crippen molar-refractivity contribution in [3.8, 4) is 0 Å². The Hall–Kier alpha value is -2.45. The van der Waals surface area contributed by atoms with Gasteiger partial charge in [-0.1, -0.05) is 0 Å². The van der Waals surface area contributed by atoms with E-state index in [2.05, 4.69) is 4.74 Å². The van der Waals surface area contributed by atoms with E-state index in [1.807, 2.05) is 0 Å². The highest BCUT2D eigenvalue weighted by atomic mass is 16.6. The van der Waals surface area contributed by atoms with E-state index in [9.17, 15) is 24.0 Å². The van der Waals surface area contributed by atoms with Crippen molar-refractivity contribution in [1.29, 1.82) is 0 Å². The predicted molar refractivity (Wildman–Crippen MR) is 56.3 cm³/mol. The van der Waals surface area contributed by atoms with Gasteiger partial charge in [0.15, 0.2) is 0 Å². The van der Waals surface area contributed by atoms with Gasteiger partial charge in [0.05, 0.1) is 12.8 Å². The third kappa shape index (κ3) is 5.61. The summed E-state index contributed by atoms with van der Waals surface area (Å²) in [6.07, 6.45) is -3.22. The van der Waals surface area contributed by atoms with Crippen molar-refractivity contribution in [3.05, 3.63) is 0 Å². The molecule has 0 aromatic carbocycles. The number of esters is 1. The lowest BCUT2D eigenvalue weighted by molar-refractivity contribution is -0.186. The molecule has 0 unspecified atom stereocenters. The Morgan fingerprint density at radius 2 is 1.37 bits per heavy atom. The largest absolute Gasteiger partial charge is 0.481 e. The normalized spacial score (nSPS) is 10.6. The molecule has 9 heteroatoms. The molecule has 0 spiro atoms. The van der Waals surface area contributed by atoms with E-state index < -0.39 is 54.5 Å². The van der Waals surface area contributed by atoms with Crippen LogP contribution in [0.2, 0.25) is 0 Å². The van der Waals surface area contributed by atoms with Crippen molar-refractivity contribution in [2.75, 3.05) is 0 Å². The molecule has 0 atom stereocenters. The van der Waals surface area contributed by atoms with Gasteiger partial charge in [0.1, 0.15) is 12.2 Å². The number of hydrogen-bond acceptors (Lipinski definition) is 6. The maximum Gasteiger partial charge on any atom is 0.349 e. The Morgan fingerprint density at radius 3 is 1.63 bits per heavy atom. The van der Waals surface area contributed by atoms with Crippen molar-refractivity contribution < 1.29 is 44.0 Å². The first-order chi connectivity index (χ1) is 8.59. The molecule has 0 aliphatic rings. The molecule has 0 heterocycles. The van der Waals surface area contributed by atoms with Crippen LogP contribution in [0.25, 0.3) is 0 Å². The summed E-state index contributed by atoms with van der Waals surface area (Å²) >= 11 is 0. The molecule has 0 aromatic heterocycles. The topological polar surface area (TPSA) is 155 Å². The molecule has 0 radical (unpaired) electrons. The smallest absolute Gasteiger partial charge is 0.349 e. The summed E-state index contributed by atoms with van der Waals surface area (Å²) in [7, 11) is 0. The van der Waals surface area contributed by atoms with E-state index in [-0.39, 0.29) is 0 Å². The van der Waals surface area contributed by atoms with Crippen LogP contribution < -0.4 is 0 Å². The fraction of sp³-hybridized carbons (Fsp3) is 0.500. The number of Topliss-reactive ketones (excluding diaryl/α,β-unsaturated/α-hetero) is 1. The van der Waals surface area contributed by atoms with Gasteiger partial charge in [-0.3, -0.25) is 19.2 Å². The van der Waals surface area contributed by atoms with Gasteiger partial charge in [0.25, 0.3) is 0 Å². The van der Waals surface area contributed by atoms with Gasteiger partial charge in [-0.2, -0.15) is 0 Å². The molecular formula is C10H12O9. The standard InChI is InChI=1S/C10H12O9/c1-5(11)2-8(16)19-10(9(17)18,3-6(12)13)4-7(14)15/h2-4H2,1H3,(H,12,13)(H,14,15)(H,17,18). The molecule has 106 valence electrons. The van der Waals surface area contributed by atoms with Gasteiger partial charge in [0.2, 0.25) is 5.60 Å². The summed E-state index contributed by atoms with van der Waals surface area (Å²) in [6, 6.07) is 0. The van der Waals surface area contributed by atoms with E-state index >= 15 is 0 Å². The van der Waals surface area contributed by atoms with Crippen molar-refractivity contribution in [1.82, 2.24) is 0 Å². The first-order valence-corrected chi connectivity index (χ1v) is 4.97. The van der Waals surface area contributed by atoms with Crippen molar-refractivity contribution in [3.63, 3.8) is 0 Å². The molecule has 9 nitrogen and oxygen atoms in total. The number of aliphatic carboxylic acids is 3. The minimum absolute atomic E-state index is 0.630. The van der Waals surface area contributed by atoms with Crippen LogP contribution in [-0.4, -0.2) is 50.6 Å². The van der Waals surface area contributed by atoms with Crippen LogP contribution in [-0.2, 0) is 28.7 Å². The average molecular weight is 276 g/mol.